The van der Waals surface area contributed by atoms with Crippen molar-refractivity contribution in [2.24, 2.45) is 0 Å². The molecule has 276 valence electrons. The summed E-state index contributed by atoms with van der Waals surface area (Å²) in [5.41, 5.74) is 4.90. The van der Waals surface area contributed by atoms with Gasteiger partial charge in [0.05, 0.1) is 17.4 Å². The molecule has 1 aliphatic rings. The predicted molar refractivity (Wildman–Crippen MR) is 214 cm³/mol. The quantitative estimate of drug-likeness (QED) is 0.137. The lowest BCUT2D eigenvalue weighted by molar-refractivity contribution is 0.0941. The Balaban J connectivity index is 1.21. The highest BCUT2D eigenvalue weighted by molar-refractivity contribution is 5.93. The van der Waals surface area contributed by atoms with Crippen molar-refractivity contribution in [1.82, 2.24) is 29.6 Å². The number of aromatic nitrogens is 5. The molecule has 0 atom stereocenters. The zero-order valence-electron chi connectivity index (χ0n) is 31.2. The van der Waals surface area contributed by atoms with Gasteiger partial charge in [-0.3, -0.25) is 0 Å². The zero-order valence-corrected chi connectivity index (χ0v) is 31.2. The Morgan fingerprint density at radius 3 is 1.82 bits per heavy atom. The second-order valence-corrected chi connectivity index (χ2v) is 14.6. The van der Waals surface area contributed by atoms with Crippen LogP contribution in [0.25, 0.3) is 22.3 Å². The first-order chi connectivity index (χ1) is 26.8. The maximum Gasteiger partial charge on any atom is 0.410 e. The molecule has 1 amide bonds. The van der Waals surface area contributed by atoms with Gasteiger partial charge >= 0.3 is 6.09 Å². The Bertz CT molecular complexity index is 2280. The Hall–Kier alpha value is -6.55. The molecule has 10 heteroatoms. The van der Waals surface area contributed by atoms with Crippen molar-refractivity contribution in [3.63, 3.8) is 0 Å². The molecular formula is C45H43N7O3. The first kappa shape index (κ1) is 35.5. The third-order valence-electron chi connectivity index (χ3n) is 9.81. The van der Waals surface area contributed by atoms with Gasteiger partial charge in [0.25, 0.3) is 0 Å². The summed E-state index contributed by atoms with van der Waals surface area (Å²) < 4.78 is 14.0. The maximum atomic E-state index is 12.9. The molecule has 8 rings (SSSR count). The van der Waals surface area contributed by atoms with Crippen molar-refractivity contribution in [1.29, 1.82) is 0 Å². The standard InChI is InChI=1S/C45H43N7O3/c1-44(2,3)55-41-28-37-39(30-46-41)52(45(34-18-10-5-11-19-34,35-20-12-6-13-21-35)36-22-14-7-15-23-36)49-42(37)38-29-40(48-32-47-38)50-24-26-51(27-25-50)43(53)54-31-33-16-8-4-9-17-33/h4-23,28-30,32H,24-27,31H2,1-3H3. The minimum absolute atomic E-state index is 0.244. The largest absolute Gasteiger partial charge is 0.472 e. The number of rotatable bonds is 9. The Kier molecular flexibility index (Phi) is 9.71. The van der Waals surface area contributed by atoms with Gasteiger partial charge in [-0.1, -0.05) is 121 Å². The molecule has 0 aliphatic carbocycles. The van der Waals surface area contributed by atoms with Crippen molar-refractivity contribution >= 4 is 22.8 Å². The number of carbonyl (C=O) groups excluding carboxylic acids is 1. The third-order valence-corrected chi connectivity index (χ3v) is 9.81. The average molecular weight is 730 g/mol. The second-order valence-electron chi connectivity index (χ2n) is 14.6. The number of anilines is 1. The molecule has 10 nitrogen and oxygen atoms in total. The number of carbonyl (C=O) groups is 1. The summed E-state index contributed by atoms with van der Waals surface area (Å²) in [7, 11) is 0. The van der Waals surface area contributed by atoms with Crippen LogP contribution in [0, 0.1) is 0 Å². The molecule has 0 unspecified atom stereocenters. The third kappa shape index (κ3) is 7.23. The average Bonchev–Trinajstić information content (AvgIpc) is 3.60. The van der Waals surface area contributed by atoms with Crippen LogP contribution in [0.1, 0.15) is 43.0 Å². The van der Waals surface area contributed by atoms with E-state index < -0.39 is 11.1 Å². The summed E-state index contributed by atoms with van der Waals surface area (Å²) in [6, 6.07) is 45.1. The fourth-order valence-corrected chi connectivity index (χ4v) is 7.29. The van der Waals surface area contributed by atoms with Gasteiger partial charge in [-0.25, -0.2) is 24.4 Å². The molecule has 1 fully saturated rings. The minimum Gasteiger partial charge on any atom is -0.472 e. The lowest BCUT2D eigenvalue weighted by Gasteiger charge is -2.37. The van der Waals surface area contributed by atoms with E-state index in [4.69, 9.17) is 24.5 Å². The van der Waals surface area contributed by atoms with Gasteiger partial charge in [-0.2, -0.15) is 5.10 Å². The number of hydrogen-bond acceptors (Lipinski definition) is 8. The molecule has 4 aromatic carbocycles. The summed E-state index contributed by atoms with van der Waals surface area (Å²) >= 11 is 0. The van der Waals surface area contributed by atoms with Crippen molar-refractivity contribution in [3.8, 4) is 17.3 Å². The monoisotopic (exact) mass is 729 g/mol. The van der Waals surface area contributed by atoms with E-state index in [1.165, 1.54) is 0 Å². The van der Waals surface area contributed by atoms with Gasteiger partial charge in [-0.15, -0.1) is 0 Å². The maximum absolute atomic E-state index is 12.9. The summed E-state index contributed by atoms with van der Waals surface area (Å²) in [4.78, 5) is 31.2. The molecule has 3 aromatic heterocycles. The summed E-state index contributed by atoms with van der Waals surface area (Å²) in [6.07, 6.45) is 3.13. The van der Waals surface area contributed by atoms with Gasteiger partial charge in [0.2, 0.25) is 5.88 Å². The van der Waals surface area contributed by atoms with Gasteiger partial charge in [0.1, 0.15) is 35.6 Å². The minimum atomic E-state index is -0.879. The van der Waals surface area contributed by atoms with Crippen LogP contribution in [0.4, 0.5) is 10.6 Å². The van der Waals surface area contributed by atoms with E-state index in [9.17, 15) is 4.79 Å². The highest BCUT2D eigenvalue weighted by Crippen LogP contribution is 2.44. The lowest BCUT2D eigenvalue weighted by atomic mass is 9.77. The Labute approximate surface area is 321 Å². The van der Waals surface area contributed by atoms with E-state index in [0.717, 1.165) is 39.0 Å². The van der Waals surface area contributed by atoms with Crippen LogP contribution in [0.2, 0.25) is 0 Å². The van der Waals surface area contributed by atoms with Crippen molar-refractivity contribution in [2.45, 2.75) is 38.5 Å². The molecule has 1 aliphatic heterocycles. The van der Waals surface area contributed by atoms with Crippen LogP contribution < -0.4 is 9.64 Å². The summed E-state index contributed by atoms with van der Waals surface area (Å²) in [6.45, 7) is 8.48. The Morgan fingerprint density at radius 1 is 0.691 bits per heavy atom. The highest BCUT2D eigenvalue weighted by Gasteiger charge is 2.41. The fourth-order valence-electron chi connectivity index (χ4n) is 7.29. The number of pyridine rings is 1. The molecule has 0 spiro atoms. The van der Waals surface area contributed by atoms with Gasteiger partial charge in [-0.05, 0) is 43.0 Å². The topological polar surface area (TPSA) is 98.5 Å². The molecule has 0 saturated carbocycles. The number of amides is 1. The van der Waals surface area contributed by atoms with E-state index in [2.05, 4.69) is 87.4 Å². The summed E-state index contributed by atoms with van der Waals surface area (Å²) in [5.74, 6) is 1.25. The van der Waals surface area contributed by atoms with Crippen LogP contribution in [0.3, 0.4) is 0 Å². The Morgan fingerprint density at radius 2 is 1.25 bits per heavy atom. The van der Waals surface area contributed by atoms with E-state index in [1.807, 2.05) is 87.6 Å². The molecule has 4 heterocycles. The van der Waals surface area contributed by atoms with Crippen LogP contribution in [0.15, 0.2) is 146 Å². The number of ether oxygens (including phenoxy) is 2. The second kappa shape index (κ2) is 15.1. The summed E-state index contributed by atoms with van der Waals surface area (Å²) in [5, 5.41) is 6.35. The molecular weight excluding hydrogens is 687 g/mol. The van der Waals surface area contributed by atoms with Crippen molar-refractivity contribution in [3.05, 3.63) is 168 Å². The predicted octanol–water partition coefficient (Wildman–Crippen LogP) is 8.36. The fraction of sp³-hybridized carbons (Fsp3) is 0.222. The van der Waals surface area contributed by atoms with E-state index in [0.29, 0.717) is 43.4 Å². The van der Waals surface area contributed by atoms with Crippen molar-refractivity contribution in [2.75, 3.05) is 31.1 Å². The van der Waals surface area contributed by atoms with Crippen LogP contribution >= 0.6 is 0 Å². The molecule has 55 heavy (non-hydrogen) atoms. The molecule has 0 radical (unpaired) electrons. The number of fused-ring (bicyclic) bond motifs is 1. The zero-order chi connectivity index (χ0) is 37.8. The van der Waals surface area contributed by atoms with E-state index in [1.54, 1.807) is 11.2 Å². The van der Waals surface area contributed by atoms with Crippen LogP contribution in [0.5, 0.6) is 5.88 Å². The number of piperazine rings is 1. The molecule has 0 N–H and O–H groups in total. The molecule has 1 saturated heterocycles. The van der Waals surface area contributed by atoms with E-state index >= 15 is 0 Å². The smallest absolute Gasteiger partial charge is 0.410 e. The normalized spacial score (nSPS) is 13.5. The van der Waals surface area contributed by atoms with Gasteiger partial charge in [0.15, 0.2) is 0 Å². The SMILES string of the molecule is CC(C)(C)Oc1cc2c(-c3cc(N4CCN(C(=O)OCc5ccccc5)CC4)ncn3)nn(C(c3ccccc3)(c3ccccc3)c3ccccc3)c2cn1. The number of nitrogens with zero attached hydrogens (tertiary/aromatic N) is 7. The highest BCUT2D eigenvalue weighted by atomic mass is 16.6. The van der Waals surface area contributed by atoms with E-state index in [-0.39, 0.29) is 12.7 Å². The first-order valence-electron chi connectivity index (χ1n) is 18.6. The van der Waals surface area contributed by atoms with Crippen LogP contribution in [-0.2, 0) is 16.9 Å². The van der Waals surface area contributed by atoms with Crippen LogP contribution in [-0.4, -0.2) is 67.5 Å². The lowest BCUT2D eigenvalue weighted by Crippen LogP contribution is -2.49. The van der Waals surface area contributed by atoms with Gasteiger partial charge in [0, 0.05) is 43.7 Å². The molecule has 0 bridgehead atoms. The number of benzene rings is 4. The first-order valence-corrected chi connectivity index (χ1v) is 18.6. The number of hydrogen-bond donors (Lipinski definition) is 0. The van der Waals surface area contributed by atoms with Crippen molar-refractivity contribution < 1.29 is 14.3 Å². The molecule has 7 aromatic rings. The van der Waals surface area contributed by atoms with Gasteiger partial charge < -0.3 is 19.3 Å².